The van der Waals surface area contributed by atoms with Crippen LogP contribution in [0.2, 0.25) is 5.02 Å². The Bertz CT molecular complexity index is 648. The maximum atomic E-state index is 13.6. The number of carbonyl (C=O) groups is 1. The van der Waals surface area contributed by atoms with Crippen LogP contribution < -0.4 is 0 Å². The van der Waals surface area contributed by atoms with E-state index in [9.17, 15) is 18.0 Å². The van der Waals surface area contributed by atoms with Crippen LogP contribution in [-0.2, 0) is 0 Å². The van der Waals surface area contributed by atoms with Crippen LogP contribution in [0.4, 0.5) is 13.2 Å². The second kappa shape index (κ2) is 5.05. The van der Waals surface area contributed by atoms with Gasteiger partial charge in [-0.05, 0) is 30.7 Å². The van der Waals surface area contributed by atoms with Gasteiger partial charge in [0.2, 0.25) is 0 Å². The molecular formula is C14H8ClF3O. The standard InChI is InChI=1S/C14H8ClF3O/c1-7-5-8(12(18)6-11(7)17)14(19)13-9(15)3-2-4-10(13)16/h2-6H,1H3. The topological polar surface area (TPSA) is 17.1 Å². The molecule has 5 heteroatoms. The Morgan fingerprint density at radius 3 is 2.37 bits per heavy atom. The van der Waals surface area contributed by atoms with Crippen LogP contribution in [0.1, 0.15) is 21.5 Å². The molecule has 0 N–H and O–H groups in total. The smallest absolute Gasteiger partial charge is 0.200 e. The molecule has 0 aromatic heterocycles. The van der Waals surface area contributed by atoms with Crippen LogP contribution >= 0.6 is 11.6 Å². The van der Waals surface area contributed by atoms with Gasteiger partial charge in [-0.2, -0.15) is 0 Å². The van der Waals surface area contributed by atoms with E-state index < -0.39 is 34.4 Å². The zero-order valence-corrected chi connectivity index (χ0v) is 10.6. The van der Waals surface area contributed by atoms with Gasteiger partial charge in [-0.15, -0.1) is 0 Å². The summed E-state index contributed by atoms with van der Waals surface area (Å²) in [6, 6.07) is 5.34. The summed E-state index contributed by atoms with van der Waals surface area (Å²) in [5, 5.41) is -0.119. The lowest BCUT2D eigenvalue weighted by atomic mass is 10.0. The van der Waals surface area contributed by atoms with E-state index in [4.69, 9.17) is 11.6 Å². The average Bonchev–Trinajstić information content (AvgIpc) is 2.33. The molecule has 2 rings (SSSR count). The van der Waals surface area contributed by atoms with Crippen molar-refractivity contribution in [3.05, 3.63) is 69.5 Å². The average molecular weight is 285 g/mol. The molecular weight excluding hydrogens is 277 g/mol. The molecule has 0 aliphatic heterocycles. The Morgan fingerprint density at radius 1 is 1.05 bits per heavy atom. The van der Waals surface area contributed by atoms with Gasteiger partial charge in [0.05, 0.1) is 16.1 Å². The Hall–Kier alpha value is -1.81. The molecule has 0 amide bonds. The van der Waals surface area contributed by atoms with E-state index in [0.717, 1.165) is 12.1 Å². The molecule has 0 fully saturated rings. The molecule has 0 aliphatic rings. The van der Waals surface area contributed by atoms with Crippen molar-refractivity contribution in [1.29, 1.82) is 0 Å². The highest BCUT2D eigenvalue weighted by Crippen LogP contribution is 2.24. The molecule has 19 heavy (non-hydrogen) atoms. The minimum absolute atomic E-state index is 0.0946. The van der Waals surface area contributed by atoms with Crippen molar-refractivity contribution in [1.82, 2.24) is 0 Å². The highest BCUT2D eigenvalue weighted by Gasteiger charge is 2.21. The molecule has 0 bridgehead atoms. The molecule has 2 aromatic rings. The quantitative estimate of drug-likeness (QED) is 0.752. The van der Waals surface area contributed by atoms with Gasteiger partial charge in [0.1, 0.15) is 17.5 Å². The minimum Gasteiger partial charge on any atom is -0.288 e. The van der Waals surface area contributed by atoms with Crippen LogP contribution in [0.25, 0.3) is 0 Å². The van der Waals surface area contributed by atoms with E-state index in [1.165, 1.54) is 19.1 Å². The molecule has 1 nitrogen and oxygen atoms in total. The number of ketones is 1. The van der Waals surface area contributed by atoms with Crippen molar-refractivity contribution in [3.63, 3.8) is 0 Å². The lowest BCUT2D eigenvalue weighted by Crippen LogP contribution is -2.08. The molecule has 0 atom stereocenters. The second-order valence-electron chi connectivity index (χ2n) is 4.01. The van der Waals surface area contributed by atoms with Crippen molar-refractivity contribution in [2.75, 3.05) is 0 Å². The summed E-state index contributed by atoms with van der Waals surface area (Å²) in [6.45, 7) is 1.38. The number of halogens is 4. The van der Waals surface area contributed by atoms with Gasteiger partial charge >= 0.3 is 0 Å². The summed E-state index contributed by atoms with van der Waals surface area (Å²) in [6.07, 6.45) is 0. The van der Waals surface area contributed by atoms with Crippen LogP contribution in [0, 0.1) is 24.4 Å². The first-order chi connectivity index (χ1) is 8.91. The fourth-order valence-corrected chi connectivity index (χ4v) is 1.93. The predicted molar refractivity (Wildman–Crippen MR) is 65.9 cm³/mol. The van der Waals surface area contributed by atoms with Crippen LogP contribution in [0.5, 0.6) is 0 Å². The first kappa shape index (κ1) is 13.6. The van der Waals surface area contributed by atoms with Gasteiger partial charge in [-0.1, -0.05) is 17.7 Å². The molecule has 98 valence electrons. The molecule has 0 heterocycles. The summed E-state index contributed by atoms with van der Waals surface area (Å²) >= 11 is 5.74. The lowest BCUT2D eigenvalue weighted by molar-refractivity contribution is 0.103. The Balaban J connectivity index is 2.60. The first-order valence-electron chi connectivity index (χ1n) is 5.36. The van der Waals surface area contributed by atoms with Crippen molar-refractivity contribution in [2.24, 2.45) is 0 Å². The molecule has 0 unspecified atom stereocenters. The lowest BCUT2D eigenvalue weighted by Gasteiger charge is -2.07. The largest absolute Gasteiger partial charge is 0.288 e. The van der Waals surface area contributed by atoms with E-state index in [2.05, 4.69) is 0 Å². The van der Waals surface area contributed by atoms with E-state index in [1.54, 1.807) is 0 Å². The molecule has 0 radical (unpaired) electrons. The summed E-state index contributed by atoms with van der Waals surface area (Å²) in [5.41, 5.74) is -0.739. The highest BCUT2D eigenvalue weighted by molar-refractivity contribution is 6.35. The molecule has 0 saturated carbocycles. The third-order valence-corrected chi connectivity index (χ3v) is 3.00. The Labute approximate surface area is 112 Å². The van der Waals surface area contributed by atoms with Crippen molar-refractivity contribution >= 4 is 17.4 Å². The second-order valence-corrected chi connectivity index (χ2v) is 4.41. The third kappa shape index (κ3) is 2.49. The number of rotatable bonds is 2. The van der Waals surface area contributed by atoms with Crippen LogP contribution in [0.3, 0.4) is 0 Å². The normalized spacial score (nSPS) is 10.6. The van der Waals surface area contributed by atoms with Crippen molar-refractivity contribution in [2.45, 2.75) is 6.92 Å². The van der Waals surface area contributed by atoms with Crippen molar-refractivity contribution in [3.8, 4) is 0 Å². The summed E-state index contributed by atoms with van der Waals surface area (Å²) < 4.78 is 40.3. The van der Waals surface area contributed by atoms with Gasteiger partial charge < -0.3 is 0 Å². The molecule has 0 saturated heterocycles. The number of carbonyl (C=O) groups excluding carboxylic acids is 1. The van der Waals surface area contributed by atoms with E-state index in [1.807, 2.05) is 0 Å². The van der Waals surface area contributed by atoms with Gasteiger partial charge in [0.25, 0.3) is 0 Å². The summed E-state index contributed by atoms with van der Waals surface area (Å²) in [7, 11) is 0. The zero-order valence-electron chi connectivity index (χ0n) is 9.81. The van der Waals surface area contributed by atoms with Gasteiger partial charge in [0, 0.05) is 6.07 Å². The van der Waals surface area contributed by atoms with E-state index in [-0.39, 0.29) is 10.6 Å². The highest BCUT2D eigenvalue weighted by atomic mass is 35.5. The molecule has 0 aliphatic carbocycles. The van der Waals surface area contributed by atoms with Crippen molar-refractivity contribution < 1.29 is 18.0 Å². The number of benzene rings is 2. The zero-order chi connectivity index (χ0) is 14.2. The molecule has 2 aromatic carbocycles. The van der Waals surface area contributed by atoms with Gasteiger partial charge in [0.15, 0.2) is 5.78 Å². The maximum absolute atomic E-state index is 13.6. The predicted octanol–water partition coefficient (Wildman–Crippen LogP) is 4.30. The van der Waals surface area contributed by atoms with Crippen LogP contribution in [-0.4, -0.2) is 5.78 Å². The SMILES string of the molecule is Cc1cc(C(=O)c2c(F)cccc2Cl)c(F)cc1F. The fraction of sp³-hybridized carbons (Fsp3) is 0.0714. The molecule has 0 spiro atoms. The summed E-state index contributed by atoms with van der Waals surface area (Å²) in [5.74, 6) is -3.58. The first-order valence-corrected chi connectivity index (χ1v) is 5.74. The minimum atomic E-state index is -1.05. The van der Waals surface area contributed by atoms with E-state index in [0.29, 0.717) is 6.07 Å². The van der Waals surface area contributed by atoms with Crippen LogP contribution in [0.15, 0.2) is 30.3 Å². The fourth-order valence-electron chi connectivity index (χ4n) is 1.68. The summed E-state index contributed by atoms with van der Waals surface area (Å²) in [4.78, 5) is 12.1. The Morgan fingerprint density at radius 2 is 1.74 bits per heavy atom. The third-order valence-electron chi connectivity index (χ3n) is 2.68. The monoisotopic (exact) mass is 284 g/mol. The maximum Gasteiger partial charge on any atom is 0.200 e. The number of hydrogen-bond donors (Lipinski definition) is 0. The van der Waals surface area contributed by atoms with E-state index >= 15 is 0 Å². The number of hydrogen-bond acceptors (Lipinski definition) is 1. The van der Waals surface area contributed by atoms with Gasteiger partial charge in [-0.3, -0.25) is 4.79 Å². The number of aryl methyl sites for hydroxylation is 1. The Kier molecular flexibility index (Phi) is 3.62. The van der Waals surface area contributed by atoms with Gasteiger partial charge in [-0.25, -0.2) is 13.2 Å².